The van der Waals surface area contributed by atoms with Crippen LogP contribution in [0.4, 0.5) is 0 Å². The second kappa shape index (κ2) is 12.0. The molecule has 2 fully saturated rings. The van der Waals surface area contributed by atoms with Crippen molar-refractivity contribution in [2.75, 3.05) is 52.4 Å². The number of ether oxygens (including phenoxy) is 1. The zero-order valence-corrected chi connectivity index (χ0v) is 20.2. The van der Waals surface area contributed by atoms with Crippen LogP contribution in [0.3, 0.4) is 0 Å². The molecule has 0 unspecified atom stereocenters. The number of likely N-dealkylation sites (tertiary alicyclic amines) is 1. The molecule has 2 heterocycles. The van der Waals surface area contributed by atoms with Crippen LogP contribution in [0.2, 0.25) is 0 Å². The van der Waals surface area contributed by atoms with Crippen molar-refractivity contribution in [1.82, 2.24) is 20.0 Å². The molecule has 0 radical (unpaired) electrons. The lowest BCUT2D eigenvalue weighted by molar-refractivity contribution is -0.137. The average molecular weight is 459 g/mol. The lowest BCUT2D eigenvalue weighted by Gasteiger charge is -2.38. The number of hydrogen-bond donors (Lipinski definition) is 1. The van der Waals surface area contributed by atoms with Crippen LogP contribution >= 0.6 is 0 Å². The molecular weight excluding hydrogens is 420 g/mol. The summed E-state index contributed by atoms with van der Waals surface area (Å²) in [6.45, 7) is 11.0. The Balaban J connectivity index is 1.51. The highest BCUT2D eigenvalue weighted by Gasteiger charge is 2.31. The van der Waals surface area contributed by atoms with E-state index in [0.717, 1.165) is 25.9 Å². The highest BCUT2D eigenvalue weighted by Crippen LogP contribution is 2.15. The van der Waals surface area contributed by atoms with Crippen LogP contribution in [0.15, 0.2) is 24.3 Å². The van der Waals surface area contributed by atoms with Crippen LogP contribution in [0, 0.1) is 5.92 Å². The quantitative estimate of drug-likeness (QED) is 0.644. The van der Waals surface area contributed by atoms with Crippen molar-refractivity contribution < 1.29 is 19.1 Å². The number of piperazine rings is 1. The summed E-state index contributed by atoms with van der Waals surface area (Å²) >= 11 is 0. The summed E-state index contributed by atoms with van der Waals surface area (Å²) in [7, 11) is 0. The molecule has 2 aliphatic heterocycles. The van der Waals surface area contributed by atoms with Gasteiger partial charge in [-0.15, -0.1) is 0 Å². The van der Waals surface area contributed by atoms with Crippen molar-refractivity contribution in [1.29, 1.82) is 0 Å². The predicted molar refractivity (Wildman–Crippen MR) is 127 cm³/mol. The van der Waals surface area contributed by atoms with Crippen LogP contribution in [-0.2, 0) is 9.59 Å². The van der Waals surface area contributed by atoms with Crippen molar-refractivity contribution in [3.8, 4) is 5.75 Å². The summed E-state index contributed by atoms with van der Waals surface area (Å²) in [4.78, 5) is 44.4. The number of piperidine rings is 1. The lowest BCUT2D eigenvalue weighted by Crippen LogP contribution is -2.57. The fraction of sp³-hybridized carbons (Fsp3) is 0.640. The van der Waals surface area contributed by atoms with E-state index in [1.807, 2.05) is 30.6 Å². The molecule has 0 saturated carbocycles. The minimum Gasteiger partial charge on any atom is -0.494 e. The maximum absolute atomic E-state index is 13.2. The van der Waals surface area contributed by atoms with Gasteiger partial charge in [0.1, 0.15) is 11.8 Å². The van der Waals surface area contributed by atoms with E-state index < -0.39 is 6.04 Å². The second-order valence-corrected chi connectivity index (χ2v) is 9.20. The molecule has 1 aromatic carbocycles. The topological polar surface area (TPSA) is 82.2 Å². The Morgan fingerprint density at radius 1 is 0.909 bits per heavy atom. The van der Waals surface area contributed by atoms with Gasteiger partial charge in [0.25, 0.3) is 5.91 Å². The zero-order chi connectivity index (χ0) is 23.8. The highest BCUT2D eigenvalue weighted by molar-refractivity contribution is 5.97. The molecule has 1 N–H and O–H groups in total. The maximum atomic E-state index is 13.2. The smallest absolute Gasteiger partial charge is 0.251 e. The van der Waals surface area contributed by atoms with Crippen molar-refractivity contribution in [3.05, 3.63) is 29.8 Å². The van der Waals surface area contributed by atoms with Crippen LogP contribution in [0.5, 0.6) is 5.75 Å². The zero-order valence-electron chi connectivity index (χ0n) is 20.2. The molecule has 0 aromatic heterocycles. The normalized spacial score (nSPS) is 18.2. The van der Waals surface area contributed by atoms with Gasteiger partial charge in [-0.25, -0.2) is 0 Å². The van der Waals surface area contributed by atoms with Crippen LogP contribution in [0.25, 0.3) is 0 Å². The molecule has 0 spiro atoms. The minimum atomic E-state index is -0.592. The number of hydrogen-bond acceptors (Lipinski definition) is 5. The summed E-state index contributed by atoms with van der Waals surface area (Å²) in [5.41, 5.74) is 0.498. The SMILES string of the molecule is CCOc1ccc(C(=O)N[C@@H](C(=O)N2CCN(CC(=O)N3CCCCC3)CC2)C(C)C)cc1. The fourth-order valence-electron chi connectivity index (χ4n) is 4.36. The van der Waals surface area contributed by atoms with Gasteiger partial charge in [-0.05, 0) is 56.4 Å². The molecule has 2 aliphatic rings. The summed E-state index contributed by atoms with van der Waals surface area (Å²) in [5, 5.41) is 2.92. The Morgan fingerprint density at radius 2 is 1.55 bits per heavy atom. The fourth-order valence-corrected chi connectivity index (χ4v) is 4.36. The first kappa shape index (κ1) is 25.0. The van der Waals surface area contributed by atoms with Crippen molar-refractivity contribution in [2.24, 2.45) is 5.92 Å². The van der Waals surface area contributed by atoms with Crippen molar-refractivity contribution >= 4 is 17.7 Å². The van der Waals surface area contributed by atoms with Gasteiger partial charge in [0.15, 0.2) is 0 Å². The van der Waals surface area contributed by atoms with Gasteiger partial charge in [-0.1, -0.05) is 13.8 Å². The van der Waals surface area contributed by atoms with E-state index in [1.54, 1.807) is 24.3 Å². The maximum Gasteiger partial charge on any atom is 0.251 e. The average Bonchev–Trinajstić information content (AvgIpc) is 2.83. The van der Waals surface area contributed by atoms with E-state index in [9.17, 15) is 14.4 Å². The molecule has 182 valence electrons. The number of benzene rings is 1. The molecule has 8 nitrogen and oxygen atoms in total. The first-order chi connectivity index (χ1) is 15.9. The third-order valence-electron chi connectivity index (χ3n) is 6.40. The van der Waals surface area contributed by atoms with Gasteiger partial charge in [0.05, 0.1) is 13.2 Å². The Morgan fingerprint density at radius 3 is 2.12 bits per heavy atom. The third kappa shape index (κ3) is 6.93. The summed E-state index contributed by atoms with van der Waals surface area (Å²) in [6.07, 6.45) is 3.39. The van der Waals surface area contributed by atoms with Gasteiger partial charge in [-0.3, -0.25) is 19.3 Å². The third-order valence-corrected chi connectivity index (χ3v) is 6.40. The van der Waals surface area contributed by atoms with Crippen LogP contribution in [0.1, 0.15) is 50.4 Å². The Bertz CT molecular complexity index is 797. The molecule has 8 heteroatoms. The lowest BCUT2D eigenvalue weighted by atomic mass is 10.0. The van der Waals surface area contributed by atoms with Crippen LogP contribution < -0.4 is 10.1 Å². The first-order valence-corrected chi connectivity index (χ1v) is 12.2. The van der Waals surface area contributed by atoms with E-state index in [1.165, 1.54) is 6.42 Å². The van der Waals surface area contributed by atoms with Crippen molar-refractivity contribution in [3.63, 3.8) is 0 Å². The summed E-state index contributed by atoms with van der Waals surface area (Å²) < 4.78 is 5.42. The van der Waals surface area contributed by atoms with Gasteiger partial charge in [0.2, 0.25) is 11.8 Å². The molecule has 3 rings (SSSR count). The Hall–Kier alpha value is -2.61. The number of carbonyl (C=O) groups excluding carboxylic acids is 3. The summed E-state index contributed by atoms with van der Waals surface area (Å²) in [6, 6.07) is 6.34. The molecule has 3 amide bonds. The molecule has 1 atom stereocenters. The number of carbonyl (C=O) groups is 3. The van der Waals surface area contributed by atoms with E-state index >= 15 is 0 Å². The van der Waals surface area contributed by atoms with E-state index in [0.29, 0.717) is 50.6 Å². The van der Waals surface area contributed by atoms with Crippen LogP contribution in [-0.4, -0.2) is 90.9 Å². The number of nitrogens with zero attached hydrogens (tertiary/aromatic N) is 3. The van der Waals surface area contributed by atoms with Gasteiger partial charge in [-0.2, -0.15) is 0 Å². The molecule has 33 heavy (non-hydrogen) atoms. The number of nitrogens with one attached hydrogen (secondary N) is 1. The van der Waals surface area contributed by atoms with Gasteiger partial charge < -0.3 is 19.9 Å². The standard InChI is InChI=1S/C25H38N4O4/c1-4-33-21-10-8-20(9-11-21)24(31)26-23(19(2)3)25(32)29-16-14-27(15-17-29)18-22(30)28-12-6-5-7-13-28/h8-11,19,23H,4-7,12-18H2,1-3H3,(H,26,31)/t23-/m1/s1. The molecule has 2 saturated heterocycles. The Labute approximate surface area is 197 Å². The monoisotopic (exact) mass is 458 g/mol. The highest BCUT2D eigenvalue weighted by atomic mass is 16.5. The Kier molecular flexibility index (Phi) is 9.11. The van der Waals surface area contributed by atoms with E-state index in [-0.39, 0.29) is 23.6 Å². The molecular formula is C25H38N4O4. The largest absolute Gasteiger partial charge is 0.494 e. The van der Waals surface area contributed by atoms with Crippen molar-refractivity contribution in [2.45, 2.75) is 46.1 Å². The summed E-state index contributed by atoms with van der Waals surface area (Å²) in [5.74, 6) is 0.532. The minimum absolute atomic E-state index is 0.0390. The molecule has 1 aromatic rings. The molecule has 0 bridgehead atoms. The predicted octanol–water partition coefficient (Wildman–Crippen LogP) is 2.00. The van der Waals surface area contributed by atoms with Gasteiger partial charge >= 0.3 is 0 Å². The first-order valence-electron chi connectivity index (χ1n) is 12.2. The van der Waals surface area contributed by atoms with Gasteiger partial charge in [0, 0.05) is 44.8 Å². The van der Waals surface area contributed by atoms with E-state index in [2.05, 4.69) is 10.2 Å². The second-order valence-electron chi connectivity index (χ2n) is 9.20. The molecule has 0 aliphatic carbocycles. The van der Waals surface area contributed by atoms with E-state index in [4.69, 9.17) is 4.74 Å². The number of rotatable bonds is 8. The number of amides is 3.